The first-order valence-electron chi connectivity index (χ1n) is 6.84. The molecule has 0 atom stereocenters. The van der Waals surface area contributed by atoms with Crippen LogP contribution < -0.4 is 0 Å². The number of halogens is 3. The molecule has 1 aliphatic rings. The maximum atomic E-state index is 14.2. The monoisotopic (exact) mass is 348 g/mol. The average molecular weight is 350 g/mol. The van der Waals surface area contributed by atoms with Gasteiger partial charge >= 0.3 is 0 Å². The van der Waals surface area contributed by atoms with Gasteiger partial charge in [-0.3, -0.25) is 0 Å². The molecule has 4 heteroatoms. The van der Waals surface area contributed by atoms with Crippen molar-refractivity contribution in [3.05, 3.63) is 33.0 Å². The van der Waals surface area contributed by atoms with E-state index in [9.17, 15) is 9.50 Å². The second-order valence-corrected chi connectivity index (χ2v) is 6.72. The summed E-state index contributed by atoms with van der Waals surface area (Å²) in [7, 11) is 0. The highest BCUT2D eigenvalue weighted by Crippen LogP contribution is 2.43. The van der Waals surface area contributed by atoms with Crippen molar-refractivity contribution in [1.29, 1.82) is 0 Å². The second-order valence-electron chi connectivity index (χ2n) is 5.49. The molecule has 0 saturated heterocycles. The van der Waals surface area contributed by atoms with Crippen LogP contribution in [0.2, 0.25) is 5.02 Å². The average Bonchev–Trinajstić information content (AvgIpc) is 2.39. The summed E-state index contributed by atoms with van der Waals surface area (Å²) in [5, 5.41) is 10.8. The van der Waals surface area contributed by atoms with Crippen LogP contribution in [-0.4, -0.2) is 5.11 Å². The first-order valence-corrected chi connectivity index (χ1v) is 8.01. The largest absolute Gasteiger partial charge is 0.385 e. The van der Waals surface area contributed by atoms with Crippen LogP contribution in [0.1, 0.15) is 51.0 Å². The Morgan fingerprint density at radius 2 is 2.05 bits per heavy atom. The summed E-state index contributed by atoms with van der Waals surface area (Å²) in [6.45, 7) is 2.18. The van der Waals surface area contributed by atoms with Crippen LogP contribution in [0.15, 0.2) is 16.6 Å². The minimum absolute atomic E-state index is 0.0570. The van der Waals surface area contributed by atoms with Gasteiger partial charge in [0, 0.05) is 10.0 Å². The third kappa shape index (κ3) is 3.14. The van der Waals surface area contributed by atoms with Crippen LogP contribution in [0.4, 0.5) is 4.39 Å². The number of hydrogen-bond acceptors (Lipinski definition) is 1. The Morgan fingerprint density at radius 1 is 1.42 bits per heavy atom. The summed E-state index contributed by atoms with van der Waals surface area (Å²) in [6.07, 6.45) is 5.51. The van der Waals surface area contributed by atoms with Crippen molar-refractivity contribution >= 4 is 27.5 Å². The summed E-state index contributed by atoms with van der Waals surface area (Å²) in [5.74, 6) is 0.173. The zero-order valence-electron chi connectivity index (χ0n) is 11.1. The summed E-state index contributed by atoms with van der Waals surface area (Å²) in [6, 6.07) is 3.35. The molecule has 0 unspecified atom stereocenters. The van der Waals surface area contributed by atoms with E-state index in [1.165, 1.54) is 12.8 Å². The van der Waals surface area contributed by atoms with Crippen molar-refractivity contribution in [2.45, 2.75) is 51.0 Å². The molecule has 0 spiro atoms. The van der Waals surface area contributed by atoms with Crippen LogP contribution in [0.5, 0.6) is 0 Å². The van der Waals surface area contributed by atoms with Gasteiger partial charge in [-0.15, -0.1) is 0 Å². The smallest absolute Gasteiger partial charge is 0.149 e. The molecule has 0 amide bonds. The fourth-order valence-corrected chi connectivity index (χ4v) is 3.48. The van der Waals surface area contributed by atoms with Crippen LogP contribution in [0.3, 0.4) is 0 Å². The van der Waals surface area contributed by atoms with Gasteiger partial charge in [-0.2, -0.15) is 0 Å². The molecular weight excluding hydrogens is 331 g/mol. The van der Waals surface area contributed by atoms with Gasteiger partial charge in [0.2, 0.25) is 0 Å². The molecule has 1 aromatic rings. The van der Waals surface area contributed by atoms with Gasteiger partial charge in [-0.25, -0.2) is 4.39 Å². The van der Waals surface area contributed by atoms with Gasteiger partial charge in [0.15, 0.2) is 0 Å². The third-order valence-electron chi connectivity index (χ3n) is 4.17. The molecular formula is C15H19BrClFO. The van der Waals surface area contributed by atoms with Crippen molar-refractivity contribution in [3.8, 4) is 0 Å². The quantitative estimate of drug-likeness (QED) is 0.722. The SMILES string of the molecule is CCCC1CCC(O)(c2ccc(Br)c(Cl)c2F)CC1. The van der Waals surface area contributed by atoms with Crippen molar-refractivity contribution in [2.24, 2.45) is 5.92 Å². The standard InChI is InChI=1S/C15H19BrClFO/c1-2-3-10-6-8-15(19,9-7-10)11-4-5-12(16)13(17)14(11)18/h4-5,10,19H,2-3,6-9H2,1H3. The van der Waals surface area contributed by atoms with Gasteiger partial charge < -0.3 is 5.11 Å². The molecule has 0 radical (unpaired) electrons. The van der Waals surface area contributed by atoms with Gasteiger partial charge in [0.05, 0.1) is 10.6 Å². The molecule has 1 nitrogen and oxygen atoms in total. The van der Waals surface area contributed by atoms with E-state index in [1.54, 1.807) is 12.1 Å². The molecule has 0 aromatic heterocycles. The zero-order valence-corrected chi connectivity index (χ0v) is 13.4. The fraction of sp³-hybridized carbons (Fsp3) is 0.600. The lowest BCUT2D eigenvalue weighted by molar-refractivity contribution is -0.0180. The van der Waals surface area contributed by atoms with Crippen LogP contribution in [0, 0.1) is 11.7 Å². The highest BCUT2D eigenvalue weighted by molar-refractivity contribution is 9.10. The summed E-state index contributed by atoms with van der Waals surface area (Å²) in [4.78, 5) is 0. The van der Waals surface area contributed by atoms with Gasteiger partial charge in [-0.1, -0.05) is 37.4 Å². The Hall–Kier alpha value is -0.120. The lowest BCUT2D eigenvalue weighted by Crippen LogP contribution is -2.32. The molecule has 2 rings (SSSR count). The number of benzene rings is 1. The third-order valence-corrected chi connectivity index (χ3v) is 5.42. The second kappa shape index (κ2) is 6.11. The molecule has 1 N–H and O–H groups in total. The summed E-state index contributed by atoms with van der Waals surface area (Å²) in [5.41, 5.74) is -0.714. The van der Waals surface area contributed by atoms with Gasteiger partial charge in [0.1, 0.15) is 5.82 Å². The maximum absolute atomic E-state index is 14.2. The topological polar surface area (TPSA) is 20.2 Å². The van der Waals surface area contributed by atoms with Crippen LogP contribution in [0.25, 0.3) is 0 Å². The molecule has 0 heterocycles. The van der Waals surface area contributed by atoms with E-state index in [0.29, 0.717) is 28.8 Å². The van der Waals surface area contributed by atoms with E-state index in [4.69, 9.17) is 11.6 Å². The van der Waals surface area contributed by atoms with Crippen molar-refractivity contribution in [1.82, 2.24) is 0 Å². The molecule has 0 bridgehead atoms. The molecule has 1 aliphatic carbocycles. The predicted molar refractivity (Wildman–Crippen MR) is 79.9 cm³/mol. The van der Waals surface area contributed by atoms with Crippen LogP contribution >= 0.6 is 27.5 Å². The summed E-state index contributed by atoms with van der Waals surface area (Å²) < 4.78 is 14.7. The highest BCUT2D eigenvalue weighted by atomic mass is 79.9. The molecule has 19 heavy (non-hydrogen) atoms. The zero-order chi connectivity index (χ0) is 14.0. The van der Waals surface area contributed by atoms with Crippen molar-refractivity contribution in [2.75, 3.05) is 0 Å². The van der Waals surface area contributed by atoms with E-state index < -0.39 is 11.4 Å². The van der Waals surface area contributed by atoms with E-state index >= 15 is 0 Å². The Balaban J connectivity index is 2.20. The maximum Gasteiger partial charge on any atom is 0.149 e. The summed E-state index contributed by atoms with van der Waals surface area (Å²) >= 11 is 9.11. The lowest BCUT2D eigenvalue weighted by atomic mass is 9.74. The predicted octanol–water partition coefficient (Wildman–Crippen LogP) is 5.42. The van der Waals surface area contributed by atoms with Crippen molar-refractivity contribution in [3.63, 3.8) is 0 Å². The molecule has 1 fully saturated rings. The Labute approximate surface area is 127 Å². The Bertz CT molecular complexity index is 456. The number of hydrogen-bond donors (Lipinski definition) is 1. The number of rotatable bonds is 3. The Kier molecular flexibility index (Phi) is 4.91. The molecule has 0 aliphatic heterocycles. The van der Waals surface area contributed by atoms with E-state index in [2.05, 4.69) is 22.9 Å². The minimum Gasteiger partial charge on any atom is -0.385 e. The van der Waals surface area contributed by atoms with E-state index in [0.717, 1.165) is 12.8 Å². The van der Waals surface area contributed by atoms with Crippen molar-refractivity contribution < 1.29 is 9.50 Å². The lowest BCUT2D eigenvalue weighted by Gasteiger charge is -2.36. The molecule has 1 aromatic carbocycles. The first-order chi connectivity index (χ1) is 8.98. The highest BCUT2D eigenvalue weighted by Gasteiger charge is 2.37. The number of aliphatic hydroxyl groups is 1. The molecule has 1 saturated carbocycles. The van der Waals surface area contributed by atoms with E-state index in [1.807, 2.05) is 0 Å². The van der Waals surface area contributed by atoms with Gasteiger partial charge in [0.25, 0.3) is 0 Å². The minimum atomic E-state index is -1.06. The van der Waals surface area contributed by atoms with E-state index in [-0.39, 0.29) is 5.02 Å². The fourth-order valence-electron chi connectivity index (χ4n) is 3.01. The molecule has 106 valence electrons. The normalized spacial score (nSPS) is 27.5. The first kappa shape index (κ1) is 15.3. The van der Waals surface area contributed by atoms with Crippen LogP contribution in [-0.2, 0) is 5.60 Å². The Morgan fingerprint density at radius 3 is 2.63 bits per heavy atom. The van der Waals surface area contributed by atoms with Gasteiger partial charge in [-0.05, 0) is 53.6 Å².